The van der Waals surface area contributed by atoms with Crippen molar-refractivity contribution in [1.29, 1.82) is 0 Å². The van der Waals surface area contributed by atoms with Crippen molar-refractivity contribution in [2.75, 3.05) is 25.1 Å². The van der Waals surface area contributed by atoms with Gasteiger partial charge in [-0.15, -0.1) is 0 Å². The lowest BCUT2D eigenvalue weighted by atomic mass is 10.2. The maximum absolute atomic E-state index is 5.35. The molecule has 0 radical (unpaired) electrons. The van der Waals surface area contributed by atoms with Crippen molar-refractivity contribution in [2.24, 2.45) is 0 Å². The number of nitrogens with one attached hydrogen (secondary N) is 1. The molecule has 0 atom stereocenters. The lowest BCUT2D eigenvalue weighted by molar-refractivity contribution is 0.142. The van der Waals surface area contributed by atoms with Crippen LogP contribution in [0.5, 0.6) is 0 Å². The zero-order valence-electron chi connectivity index (χ0n) is 11.3. The predicted molar refractivity (Wildman–Crippen MR) is 79.8 cm³/mol. The van der Waals surface area contributed by atoms with Crippen LogP contribution >= 0.6 is 11.3 Å². The number of aryl methyl sites for hydroxylation is 1. The van der Waals surface area contributed by atoms with E-state index in [0.717, 1.165) is 45.1 Å². The van der Waals surface area contributed by atoms with Crippen LogP contribution in [0.15, 0.2) is 29.2 Å². The fraction of sp³-hybridized carbons (Fsp3) is 0.500. The summed E-state index contributed by atoms with van der Waals surface area (Å²) in [6, 6.07) is 2.17. The van der Waals surface area contributed by atoms with Crippen LogP contribution in [0.2, 0.25) is 0 Å². The highest BCUT2D eigenvalue weighted by atomic mass is 32.1. The molecule has 104 valence electrons. The van der Waals surface area contributed by atoms with Crippen molar-refractivity contribution in [3.05, 3.63) is 34.8 Å². The van der Waals surface area contributed by atoms with Gasteiger partial charge in [0.25, 0.3) is 0 Å². The molecule has 0 aliphatic rings. The lowest BCUT2D eigenvalue weighted by Crippen LogP contribution is -2.11. The minimum absolute atomic E-state index is 0.787. The highest BCUT2D eigenvalue weighted by molar-refractivity contribution is 7.07. The molecular weight excluding hydrogens is 258 g/mol. The summed E-state index contributed by atoms with van der Waals surface area (Å²) in [5.74, 6) is 0.951. The van der Waals surface area contributed by atoms with E-state index in [4.69, 9.17) is 4.74 Å². The Morgan fingerprint density at radius 3 is 3.21 bits per heavy atom. The first-order chi connectivity index (χ1) is 9.40. The lowest BCUT2D eigenvalue weighted by Gasteiger charge is -2.09. The second-order valence-corrected chi connectivity index (χ2v) is 5.08. The maximum atomic E-state index is 5.35. The molecule has 0 amide bonds. The van der Waals surface area contributed by atoms with E-state index in [1.54, 1.807) is 11.3 Å². The third-order valence-electron chi connectivity index (χ3n) is 2.88. The Labute approximate surface area is 118 Å². The Morgan fingerprint density at radius 2 is 2.42 bits per heavy atom. The standard InChI is InChI=1S/C14H21N3OS/c1-2-18-10-3-8-17-9-7-16-14(17)15-6-4-13-5-11-19-12-13/h5,7,9,11-12H,2-4,6,8,10H2,1H3,(H,15,16). The first-order valence-electron chi connectivity index (χ1n) is 6.74. The summed E-state index contributed by atoms with van der Waals surface area (Å²) in [5.41, 5.74) is 1.38. The van der Waals surface area contributed by atoms with Gasteiger partial charge in [0.05, 0.1) is 0 Å². The van der Waals surface area contributed by atoms with Crippen molar-refractivity contribution >= 4 is 17.3 Å². The highest BCUT2D eigenvalue weighted by Gasteiger charge is 2.02. The van der Waals surface area contributed by atoms with E-state index in [1.807, 2.05) is 19.3 Å². The number of anilines is 1. The molecular formula is C14H21N3OS. The van der Waals surface area contributed by atoms with E-state index in [2.05, 4.69) is 31.7 Å². The van der Waals surface area contributed by atoms with Crippen molar-refractivity contribution in [3.63, 3.8) is 0 Å². The van der Waals surface area contributed by atoms with Crippen LogP contribution in [0, 0.1) is 0 Å². The molecule has 2 aromatic heterocycles. The zero-order chi connectivity index (χ0) is 13.3. The van der Waals surface area contributed by atoms with Gasteiger partial charge in [0.2, 0.25) is 5.95 Å². The average Bonchev–Trinajstić information content (AvgIpc) is 3.07. The van der Waals surface area contributed by atoms with Crippen LogP contribution < -0.4 is 5.32 Å². The molecule has 1 N–H and O–H groups in total. The Hall–Kier alpha value is -1.33. The van der Waals surface area contributed by atoms with E-state index in [9.17, 15) is 0 Å². The number of ether oxygens (including phenoxy) is 1. The number of hydrogen-bond donors (Lipinski definition) is 1. The third kappa shape index (κ3) is 4.69. The summed E-state index contributed by atoms with van der Waals surface area (Å²) >= 11 is 1.74. The number of nitrogens with zero attached hydrogens (tertiary/aromatic N) is 2. The van der Waals surface area contributed by atoms with Gasteiger partial charge < -0.3 is 14.6 Å². The van der Waals surface area contributed by atoms with Gasteiger partial charge in [0.1, 0.15) is 0 Å². The quantitative estimate of drug-likeness (QED) is 0.717. The van der Waals surface area contributed by atoms with Gasteiger partial charge >= 0.3 is 0 Å². The molecule has 0 unspecified atom stereocenters. The molecule has 19 heavy (non-hydrogen) atoms. The second kappa shape index (κ2) is 7.96. The van der Waals surface area contributed by atoms with Crippen LogP contribution in [-0.2, 0) is 17.7 Å². The highest BCUT2D eigenvalue weighted by Crippen LogP contribution is 2.09. The van der Waals surface area contributed by atoms with Crippen LogP contribution in [0.4, 0.5) is 5.95 Å². The molecule has 0 saturated heterocycles. The number of imidazole rings is 1. The monoisotopic (exact) mass is 279 g/mol. The van der Waals surface area contributed by atoms with E-state index in [1.165, 1.54) is 5.56 Å². The molecule has 2 heterocycles. The summed E-state index contributed by atoms with van der Waals surface area (Å²) < 4.78 is 7.49. The van der Waals surface area contributed by atoms with Gasteiger partial charge in [-0.1, -0.05) is 0 Å². The summed E-state index contributed by atoms with van der Waals surface area (Å²) in [5, 5.41) is 7.69. The molecule has 0 bridgehead atoms. The summed E-state index contributed by atoms with van der Waals surface area (Å²) in [7, 11) is 0. The Kier molecular flexibility index (Phi) is 5.91. The van der Waals surface area contributed by atoms with Crippen molar-refractivity contribution in [3.8, 4) is 0 Å². The topological polar surface area (TPSA) is 39.1 Å². The number of rotatable bonds is 9. The summed E-state index contributed by atoms with van der Waals surface area (Å²) in [4.78, 5) is 4.35. The smallest absolute Gasteiger partial charge is 0.202 e. The van der Waals surface area contributed by atoms with Crippen molar-refractivity contribution in [1.82, 2.24) is 9.55 Å². The average molecular weight is 279 g/mol. The maximum Gasteiger partial charge on any atom is 0.202 e. The van der Waals surface area contributed by atoms with Crippen molar-refractivity contribution < 1.29 is 4.74 Å². The molecule has 0 saturated carbocycles. The van der Waals surface area contributed by atoms with Gasteiger partial charge in [-0.3, -0.25) is 0 Å². The van der Waals surface area contributed by atoms with Crippen LogP contribution in [0.1, 0.15) is 18.9 Å². The number of hydrogen-bond acceptors (Lipinski definition) is 4. The summed E-state index contributed by atoms with van der Waals surface area (Å²) in [6.45, 7) is 5.48. The van der Waals surface area contributed by atoms with Gasteiger partial charge in [0, 0.05) is 38.7 Å². The summed E-state index contributed by atoms with van der Waals surface area (Å²) in [6.07, 6.45) is 5.91. The largest absolute Gasteiger partial charge is 0.382 e. The number of aromatic nitrogens is 2. The number of thiophene rings is 1. The first kappa shape index (κ1) is 14.1. The molecule has 4 nitrogen and oxygen atoms in total. The van der Waals surface area contributed by atoms with Gasteiger partial charge in [-0.2, -0.15) is 11.3 Å². The zero-order valence-corrected chi connectivity index (χ0v) is 12.2. The van der Waals surface area contributed by atoms with E-state index < -0.39 is 0 Å². The molecule has 0 aliphatic carbocycles. The third-order valence-corrected chi connectivity index (χ3v) is 3.62. The van der Waals surface area contributed by atoms with E-state index in [0.29, 0.717) is 0 Å². The van der Waals surface area contributed by atoms with E-state index in [-0.39, 0.29) is 0 Å². The van der Waals surface area contributed by atoms with Crippen LogP contribution in [-0.4, -0.2) is 29.3 Å². The van der Waals surface area contributed by atoms with Crippen molar-refractivity contribution in [2.45, 2.75) is 26.3 Å². The molecule has 2 aromatic rings. The fourth-order valence-corrected chi connectivity index (χ4v) is 2.59. The predicted octanol–water partition coefficient (Wildman–Crippen LogP) is 3.03. The molecule has 0 fully saturated rings. The van der Waals surface area contributed by atoms with Gasteiger partial charge in [0.15, 0.2) is 0 Å². The van der Waals surface area contributed by atoms with Crippen LogP contribution in [0.25, 0.3) is 0 Å². The Bertz CT molecular complexity index is 453. The van der Waals surface area contributed by atoms with E-state index >= 15 is 0 Å². The SMILES string of the molecule is CCOCCCn1ccnc1NCCc1ccsc1. The minimum atomic E-state index is 0.787. The molecule has 0 spiro atoms. The van der Waals surface area contributed by atoms with Gasteiger partial charge in [-0.05, 0) is 42.2 Å². The molecule has 2 rings (SSSR count). The second-order valence-electron chi connectivity index (χ2n) is 4.30. The first-order valence-corrected chi connectivity index (χ1v) is 7.68. The molecule has 0 aromatic carbocycles. The Balaban J connectivity index is 1.72. The molecule has 0 aliphatic heterocycles. The fourth-order valence-electron chi connectivity index (χ4n) is 1.89. The Morgan fingerprint density at radius 1 is 1.47 bits per heavy atom. The molecule has 5 heteroatoms. The minimum Gasteiger partial charge on any atom is -0.382 e. The van der Waals surface area contributed by atoms with Gasteiger partial charge in [-0.25, -0.2) is 4.98 Å². The normalized spacial score (nSPS) is 10.8. The van der Waals surface area contributed by atoms with Crippen LogP contribution in [0.3, 0.4) is 0 Å².